The Morgan fingerprint density at radius 2 is 2.11 bits per heavy atom. The van der Waals surface area contributed by atoms with Gasteiger partial charge in [-0.2, -0.15) is 0 Å². The molecule has 0 saturated carbocycles. The lowest BCUT2D eigenvalue weighted by molar-refractivity contribution is 0.0828. The molecule has 0 aliphatic rings. The topological polar surface area (TPSA) is 32.3 Å². The molecule has 1 rings (SSSR count). The molecule has 1 aromatic carbocycles. The maximum Gasteiger partial charge on any atom is 0.254 e. The molecule has 18 heavy (non-hydrogen) atoms. The maximum absolute atomic E-state index is 11.9. The van der Waals surface area contributed by atoms with Gasteiger partial charge in [0.25, 0.3) is 5.91 Å². The molecule has 4 heteroatoms. The van der Waals surface area contributed by atoms with E-state index in [9.17, 15) is 4.79 Å². The Labute approximate surface area is 114 Å². The van der Waals surface area contributed by atoms with Crippen LogP contribution in [0.2, 0.25) is 5.02 Å². The van der Waals surface area contributed by atoms with E-state index in [1.807, 2.05) is 12.1 Å². The first-order valence-electron chi connectivity index (χ1n) is 6.20. The van der Waals surface area contributed by atoms with E-state index in [1.165, 1.54) is 4.90 Å². The third kappa shape index (κ3) is 3.91. The van der Waals surface area contributed by atoms with Crippen LogP contribution in [0.1, 0.15) is 30.6 Å². The standard InChI is InChI=1S/C14H21ClN2O/c1-5-10(2)9-16-11-6-7-13(15)12(8-11)14(18)17(3)4/h6-8,10,16H,5,9H2,1-4H3. The van der Waals surface area contributed by atoms with Crippen molar-refractivity contribution in [1.29, 1.82) is 0 Å². The van der Waals surface area contributed by atoms with Crippen molar-refractivity contribution in [2.24, 2.45) is 5.92 Å². The van der Waals surface area contributed by atoms with Crippen LogP contribution in [0.15, 0.2) is 18.2 Å². The van der Waals surface area contributed by atoms with Gasteiger partial charge in [-0.05, 0) is 24.1 Å². The summed E-state index contributed by atoms with van der Waals surface area (Å²) in [4.78, 5) is 13.5. The van der Waals surface area contributed by atoms with Gasteiger partial charge in [-0.3, -0.25) is 4.79 Å². The summed E-state index contributed by atoms with van der Waals surface area (Å²) in [7, 11) is 3.44. The van der Waals surface area contributed by atoms with E-state index >= 15 is 0 Å². The van der Waals surface area contributed by atoms with Crippen molar-refractivity contribution < 1.29 is 4.79 Å². The predicted molar refractivity (Wildman–Crippen MR) is 77.4 cm³/mol. The minimum atomic E-state index is -0.0767. The van der Waals surface area contributed by atoms with Gasteiger partial charge < -0.3 is 10.2 Å². The summed E-state index contributed by atoms with van der Waals surface area (Å²) in [6.45, 7) is 5.25. The highest BCUT2D eigenvalue weighted by Gasteiger charge is 2.13. The molecule has 1 atom stereocenters. The van der Waals surface area contributed by atoms with Crippen molar-refractivity contribution in [3.63, 3.8) is 0 Å². The van der Waals surface area contributed by atoms with Crippen molar-refractivity contribution in [2.45, 2.75) is 20.3 Å². The average molecular weight is 269 g/mol. The molecule has 3 nitrogen and oxygen atoms in total. The number of carbonyl (C=O) groups excluding carboxylic acids is 1. The molecule has 0 saturated heterocycles. The lowest BCUT2D eigenvalue weighted by Gasteiger charge is -2.15. The van der Waals surface area contributed by atoms with Gasteiger partial charge >= 0.3 is 0 Å². The van der Waals surface area contributed by atoms with Crippen LogP contribution in [-0.4, -0.2) is 31.4 Å². The number of halogens is 1. The summed E-state index contributed by atoms with van der Waals surface area (Å²) < 4.78 is 0. The van der Waals surface area contributed by atoms with Crippen molar-refractivity contribution in [3.05, 3.63) is 28.8 Å². The number of nitrogens with zero attached hydrogens (tertiary/aromatic N) is 1. The van der Waals surface area contributed by atoms with Crippen LogP contribution in [0.3, 0.4) is 0 Å². The maximum atomic E-state index is 11.9. The molecule has 0 fully saturated rings. The van der Waals surface area contributed by atoms with Gasteiger partial charge in [0.05, 0.1) is 10.6 Å². The molecule has 0 bridgehead atoms. The Morgan fingerprint density at radius 1 is 1.44 bits per heavy atom. The quantitative estimate of drug-likeness (QED) is 0.886. The van der Waals surface area contributed by atoms with E-state index in [0.717, 1.165) is 18.7 Å². The number of carbonyl (C=O) groups is 1. The van der Waals surface area contributed by atoms with Crippen molar-refractivity contribution >= 4 is 23.2 Å². The van der Waals surface area contributed by atoms with E-state index < -0.39 is 0 Å². The summed E-state index contributed by atoms with van der Waals surface area (Å²) in [5.74, 6) is 0.529. The molecule has 0 spiro atoms. The minimum absolute atomic E-state index is 0.0767. The summed E-state index contributed by atoms with van der Waals surface area (Å²) in [5, 5.41) is 3.82. The van der Waals surface area contributed by atoms with Gasteiger partial charge in [0.2, 0.25) is 0 Å². The van der Waals surface area contributed by atoms with Crippen LogP contribution >= 0.6 is 11.6 Å². The zero-order chi connectivity index (χ0) is 13.7. The molecule has 100 valence electrons. The fourth-order valence-corrected chi connectivity index (χ4v) is 1.67. The number of anilines is 1. The van der Waals surface area contributed by atoms with Crippen LogP contribution < -0.4 is 5.32 Å². The normalized spacial score (nSPS) is 12.1. The van der Waals surface area contributed by atoms with Gasteiger partial charge in [0, 0.05) is 26.3 Å². The van der Waals surface area contributed by atoms with Crippen molar-refractivity contribution in [3.8, 4) is 0 Å². The van der Waals surface area contributed by atoms with Crippen LogP contribution in [0.4, 0.5) is 5.69 Å². The van der Waals surface area contributed by atoms with E-state index in [4.69, 9.17) is 11.6 Å². The molecular formula is C14H21ClN2O. The van der Waals surface area contributed by atoms with E-state index in [1.54, 1.807) is 20.2 Å². The predicted octanol–water partition coefficient (Wildman–Crippen LogP) is 3.50. The molecule has 0 radical (unpaired) electrons. The minimum Gasteiger partial charge on any atom is -0.385 e. The Hall–Kier alpha value is -1.22. The SMILES string of the molecule is CCC(C)CNc1ccc(Cl)c(C(=O)N(C)C)c1. The first-order chi connectivity index (χ1) is 8.45. The Bertz CT molecular complexity index is 418. The van der Waals surface area contributed by atoms with Crippen LogP contribution in [-0.2, 0) is 0 Å². The van der Waals surface area contributed by atoms with Gasteiger partial charge in [-0.1, -0.05) is 31.9 Å². The average Bonchev–Trinajstić information content (AvgIpc) is 2.36. The third-order valence-electron chi connectivity index (χ3n) is 2.95. The van der Waals surface area contributed by atoms with Crippen molar-refractivity contribution in [2.75, 3.05) is 26.0 Å². The van der Waals surface area contributed by atoms with Gasteiger partial charge in [-0.15, -0.1) is 0 Å². The lowest BCUT2D eigenvalue weighted by Crippen LogP contribution is -2.22. The van der Waals surface area contributed by atoms with Crippen molar-refractivity contribution in [1.82, 2.24) is 4.90 Å². The number of amides is 1. The molecule has 1 aromatic rings. The zero-order valence-electron chi connectivity index (χ0n) is 11.5. The monoisotopic (exact) mass is 268 g/mol. The number of hydrogen-bond acceptors (Lipinski definition) is 2. The second-order valence-corrected chi connectivity index (χ2v) is 5.20. The largest absolute Gasteiger partial charge is 0.385 e. The fraction of sp³-hybridized carbons (Fsp3) is 0.500. The summed E-state index contributed by atoms with van der Waals surface area (Å²) in [6.07, 6.45) is 1.13. The molecule has 0 aliphatic carbocycles. The van der Waals surface area contributed by atoms with E-state index in [-0.39, 0.29) is 5.91 Å². The second kappa shape index (κ2) is 6.64. The second-order valence-electron chi connectivity index (χ2n) is 4.79. The summed E-state index contributed by atoms with van der Waals surface area (Å²) in [6, 6.07) is 5.47. The molecule has 1 amide bonds. The third-order valence-corrected chi connectivity index (χ3v) is 3.28. The molecule has 1 N–H and O–H groups in total. The highest BCUT2D eigenvalue weighted by Crippen LogP contribution is 2.22. The molecule has 0 heterocycles. The van der Waals surface area contributed by atoms with Crippen LogP contribution in [0.25, 0.3) is 0 Å². The molecule has 0 aromatic heterocycles. The smallest absolute Gasteiger partial charge is 0.254 e. The highest BCUT2D eigenvalue weighted by molar-refractivity contribution is 6.34. The van der Waals surface area contributed by atoms with Gasteiger partial charge in [0.1, 0.15) is 0 Å². The molecule has 1 unspecified atom stereocenters. The molecular weight excluding hydrogens is 248 g/mol. The zero-order valence-corrected chi connectivity index (χ0v) is 12.2. The van der Waals surface area contributed by atoms with Gasteiger partial charge in [-0.25, -0.2) is 0 Å². The fourth-order valence-electron chi connectivity index (χ4n) is 1.48. The number of hydrogen-bond donors (Lipinski definition) is 1. The number of benzene rings is 1. The number of rotatable bonds is 5. The Morgan fingerprint density at radius 3 is 2.67 bits per heavy atom. The summed E-state index contributed by atoms with van der Waals surface area (Å²) >= 11 is 6.05. The first-order valence-corrected chi connectivity index (χ1v) is 6.58. The first kappa shape index (κ1) is 14.8. The van der Waals surface area contributed by atoms with E-state index in [2.05, 4.69) is 19.2 Å². The number of nitrogens with one attached hydrogen (secondary N) is 1. The Balaban J connectivity index is 2.84. The highest BCUT2D eigenvalue weighted by atomic mass is 35.5. The Kier molecular flexibility index (Phi) is 5.48. The lowest BCUT2D eigenvalue weighted by atomic mass is 10.1. The van der Waals surface area contributed by atoms with Crippen LogP contribution in [0.5, 0.6) is 0 Å². The van der Waals surface area contributed by atoms with Crippen LogP contribution in [0, 0.1) is 5.92 Å². The van der Waals surface area contributed by atoms with Gasteiger partial charge in [0.15, 0.2) is 0 Å². The molecule has 0 aliphatic heterocycles. The van der Waals surface area contributed by atoms with E-state index in [0.29, 0.717) is 16.5 Å². The summed E-state index contributed by atoms with van der Waals surface area (Å²) in [5.41, 5.74) is 1.47.